The quantitative estimate of drug-likeness (QED) is 0.698. The van der Waals surface area contributed by atoms with Gasteiger partial charge in [0.2, 0.25) is 0 Å². The number of rotatable bonds is 2. The maximum atomic E-state index is 3.68. The monoisotopic (exact) mass is 193 g/mol. The van der Waals surface area contributed by atoms with Crippen LogP contribution in [0.4, 0.5) is 0 Å². The summed E-state index contributed by atoms with van der Waals surface area (Å²) < 4.78 is 0. The minimum atomic E-state index is 1.08. The van der Waals surface area contributed by atoms with Gasteiger partial charge in [-0.2, -0.15) is 0 Å². The van der Waals surface area contributed by atoms with Crippen LogP contribution in [0.25, 0.3) is 12.2 Å². The van der Waals surface area contributed by atoms with Crippen molar-refractivity contribution >= 4 is 12.2 Å². The molecule has 0 saturated heterocycles. The minimum Gasteiger partial charge on any atom is -0.361 e. The number of hydrogen-bond acceptors (Lipinski definition) is 0. The molecule has 0 aliphatic carbocycles. The molecule has 0 amide bonds. The number of aromatic nitrogens is 1. The van der Waals surface area contributed by atoms with Gasteiger partial charge in [0.25, 0.3) is 0 Å². The molecule has 1 rings (SSSR count). The molecule has 0 aliphatic rings. The molecule has 1 aromatic heterocycles. The Morgan fingerprint density at radius 1 is 1.21 bits per heavy atom. The van der Waals surface area contributed by atoms with E-state index in [2.05, 4.69) is 11.6 Å². The third kappa shape index (κ3) is 5.41. The van der Waals surface area contributed by atoms with Gasteiger partial charge in [-0.15, -0.1) is 0 Å². The van der Waals surface area contributed by atoms with Crippen LogP contribution in [0.1, 0.15) is 45.9 Å². The van der Waals surface area contributed by atoms with Crippen LogP contribution in [-0.2, 0) is 0 Å². The minimum absolute atomic E-state index is 1.08. The van der Waals surface area contributed by atoms with Gasteiger partial charge in [-0.25, -0.2) is 0 Å². The number of nitrogens with one attached hydrogen (secondary N) is 1. The summed E-state index contributed by atoms with van der Waals surface area (Å²) in [5.41, 5.74) is 2.27. The van der Waals surface area contributed by atoms with Crippen molar-refractivity contribution in [3.05, 3.63) is 36.2 Å². The van der Waals surface area contributed by atoms with Gasteiger partial charge in [0, 0.05) is 11.9 Å². The Balaban J connectivity index is 0. The first-order chi connectivity index (χ1) is 6.88. The van der Waals surface area contributed by atoms with Gasteiger partial charge < -0.3 is 4.98 Å². The first kappa shape index (κ1) is 15.2. The second-order valence-electron chi connectivity index (χ2n) is 2.05. The first-order valence-electron chi connectivity index (χ1n) is 5.31. The molecule has 14 heavy (non-hydrogen) atoms. The molecule has 0 radical (unpaired) electrons. The lowest BCUT2D eigenvalue weighted by atomic mass is 10.2. The largest absolute Gasteiger partial charge is 0.361 e. The molecule has 1 nitrogen and oxygen atoms in total. The summed E-state index contributed by atoms with van der Waals surface area (Å²) in [5, 5.41) is 0. The number of H-pyrrole nitrogens is 1. The number of aromatic amines is 1. The molecule has 1 N–H and O–H groups in total. The average molecular weight is 193 g/mol. The molecule has 1 aromatic rings. The van der Waals surface area contributed by atoms with E-state index in [4.69, 9.17) is 0 Å². The third-order valence-corrected chi connectivity index (χ3v) is 1.36. The molecule has 0 aromatic carbocycles. The van der Waals surface area contributed by atoms with Crippen molar-refractivity contribution in [1.82, 2.24) is 4.98 Å². The molecule has 0 atom stereocenters. The molecule has 1 heteroatoms. The van der Waals surface area contributed by atoms with Crippen LogP contribution in [0.5, 0.6) is 0 Å². The molecular formula is C13H23N. The lowest BCUT2D eigenvalue weighted by Gasteiger charge is -1.87. The Kier molecular flexibility index (Phi) is 12.8. The molecular weight excluding hydrogens is 170 g/mol. The Morgan fingerprint density at radius 3 is 2.21 bits per heavy atom. The summed E-state index contributed by atoms with van der Waals surface area (Å²) in [6.45, 7) is 13.7. The van der Waals surface area contributed by atoms with Crippen LogP contribution in [0.2, 0.25) is 0 Å². The maximum absolute atomic E-state index is 3.68. The molecule has 0 unspecified atom stereocenters. The van der Waals surface area contributed by atoms with E-state index in [1.165, 1.54) is 5.56 Å². The summed E-state index contributed by atoms with van der Waals surface area (Å²) >= 11 is 0. The summed E-state index contributed by atoms with van der Waals surface area (Å²) in [7, 11) is 0. The third-order valence-electron chi connectivity index (χ3n) is 1.36. The lowest BCUT2D eigenvalue weighted by Crippen LogP contribution is -1.71. The number of hydrogen-bond donors (Lipinski definition) is 1. The van der Waals surface area contributed by atoms with Gasteiger partial charge in [-0.05, 0) is 24.6 Å². The second-order valence-corrected chi connectivity index (χ2v) is 2.05. The van der Waals surface area contributed by atoms with Crippen molar-refractivity contribution < 1.29 is 0 Å². The van der Waals surface area contributed by atoms with Gasteiger partial charge in [-0.3, -0.25) is 0 Å². The van der Waals surface area contributed by atoms with Crippen molar-refractivity contribution in [3.8, 4) is 0 Å². The predicted octanol–water partition coefficient (Wildman–Crippen LogP) is 4.74. The van der Waals surface area contributed by atoms with E-state index in [1.54, 1.807) is 0 Å². The topological polar surface area (TPSA) is 15.8 Å². The zero-order chi connectivity index (χ0) is 11.4. The van der Waals surface area contributed by atoms with E-state index >= 15 is 0 Å². The smallest absolute Gasteiger partial charge is 0.0447 e. The molecule has 0 fully saturated rings. The highest BCUT2D eigenvalue weighted by molar-refractivity contribution is 5.61. The zero-order valence-electron chi connectivity index (χ0n) is 10.1. The highest BCUT2D eigenvalue weighted by Gasteiger charge is 1.92. The van der Waals surface area contributed by atoms with Gasteiger partial charge in [0.1, 0.15) is 0 Å². The van der Waals surface area contributed by atoms with Crippen LogP contribution in [0, 0.1) is 0 Å². The fourth-order valence-electron chi connectivity index (χ4n) is 0.896. The van der Waals surface area contributed by atoms with Crippen LogP contribution < -0.4 is 0 Å². The fraction of sp³-hybridized carbons (Fsp3) is 0.385. The fourth-order valence-corrected chi connectivity index (χ4v) is 0.896. The summed E-state index contributed by atoms with van der Waals surface area (Å²) in [6.07, 6.45) is 7.78. The predicted molar refractivity (Wildman–Crippen MR) is 68.3 cm³/mol. The van der Waals surface area contributed by atoms with Crippen molar-refractivity contribution in [2.75, 3.05) is 0 Å². The van der Waals surface area contributed by atoms with E-state index in [0.717, 1.165) is 5.69 Å². The Labute approximate surface area is 88.6 Å². The van der Waals surface area contributed by atoms with Crippen LogP contribution >= 0.6 is 0 Å². The SMILES string of the molecule is C=Cc1[nH]ccc1/C=C\C.CC.CC. The van der Waals surface area contributed by atoms with Gasteiger partial charge in [-0.1, -0.05) is 46.4 Å². The molecule has 0 bridgehead atoms. The Hall–Kier alpha value is -1.24. The van der Waals surface area contributed by atoms with Crippen molar-refractivity contribution in [2.45, 2.75) is 34.6 Å². The molecule has 80 valence electrons. The first-order valence-corrected chi connectivity index (χ1v) is 5.31. The van der Waals surface area contributed by atoms with Crippen molar-refractivity contribution in [3.63, 3.8) is 0 Å². The molecule has 0 saturated carbocycles. The van der Waals surface area contributed by atoms with E-state index in [1.807, 2.05) is 65.1 Å². The van der Waals surface area contributed by atoms with Crippen LogP contribution in [-0.4, -0.2) is 4.98 Å². The van der Waals surface area contributed by atoms with Crippen molar-refractivity contribution in [2.24, 2.45) is 0 Å². The van der Waals surface area contributed by atoms with Crippen LogP contribution in [0.3, 0.4) is 0 Å². The summed E-state index contributed by atoms with van der Waals surface area (Å²) in [6, 6.07) is 2.02. The van der Waals surface area contributed by atoms with E-state index < -0.39 is 0 Å². The molecule has 0 spiro atoms. The Bertz CT molecular complexity index is 243. The van der Waals surface area contributed by atoms with Gasteiger partial charge >= 0.3 is 0 Å². The second kappa shape index (κ2) is 11.8. The highest BCUT2D eigenvalue weighted by atomic mass is 14.7. The standard InChI is InChI=1S/C9H11N.2C2H6/c1-3-5-8-6-7-10-9(8)4-2;2*1-2/h3-7,10H,2H2,1H3;2*1-2H3/b5-3-;;. The molecule has 0 aliphatic heterocycles. The number of allylic oxidation sites excluding steroid dienone is 1. The lowest BCUT2D eigenvalue weighted by molar-refractivity contribution is 1.37. The van der Waals surface area contributed by atoms with Gasteiger partial charge in [0.05, 0.1) is 0 Å². The zero-order valence-corrected chi connectivity index (χ0v) is 10.1. The summed E-state index contributed by atoms with van der Waals surface area (Å²) in [4.78, 5) is 3.07. The van der Waals surface area contributed by atoms with E-state index in [0.29, 0.717) is 0 Å². The van der Waals surface area contributed by atoms with E-state index in [-0.39, 0.29) is 0 Å². The highest BCUT2D eigenvalue weighted by Crippen LogP contribution is 2.09. The van der Waals surface area contributed by atoms with Gasteiger partial charge in [0.15, 0.2) is 0 Å². The Morgan fingerprint density at radius 2 is 1.79 bits per heavy atom. The normalized spacial score (nSPS) is 8.36. The maximum Gasteiger partial charge on any atom is 0.0447 e. The van der Waals surface area contributed by atoms with Crippen molar-refractivity contribution in [1.29, 1.82) is 0 Å². The molecule has 1 heterocycles. The van der Waals surface area contributed by atoms with Crippen LogP contribution in [0.15, 0.2) is 24.9 Å². The average Bonchev–Trinajstić information content (AvgIpc) is 2.72. The summed E-state index contributed by atoms with van der Waals surface area (Å²) in [5.74, 6) is 0. The van der Waals surface area contributed by atoms with E-state index in [9.17, 15) is 0 Å².